The van der Waals surface area contributed by atoms with E-state index in [1.54, 1.807) is 12.1 Å². The standard InChI is InChI=1S/C23H24N6O7/c1-14(32)8-15(12-30)26-20(33)11-29-19-5-3-2-4-18(19)28(21(34)13-31)10-17(23(29)36)27-22(35)16-9-24-6-7-25-16/h2-7,9,12,15,17,31H,8,10-11,13H2,1H3,(H,26,33)(H,27,35)/t15-,17-/m0/s1. The fraction of sp³-hybridized carbons (Fsp3) is 0.304. The molecule has 1 aliphatic rings. The minimum Gasteiger partial charge on any atom is -0.387 e. The topological polar surface area (TPSA) is 179 Å². The van der Waals surface area contributed by atoms with Crippen molar-refractivity contribution in [3.8, 4) is 0 Å². The molecule has 1 aromatic heterocycles. The summed E-state index contributed by atoms with van der Waals surface area (Å²) in [6.45, 7) is -0.494. The first-order valence-corrected chi connectivity index (χ1v) is 10.9. The second kappa shape index (κ2) is 11.8. The van der Waals surface area contributed by atoms with Crippen LogP contribution in [0.25, 0.3) is 0 Å². The summed E-state index contributed by atoms with van der Waals surface area (Å²) in [5.74, 6) is -3.25. The highest BCUT2D eigenvalue weighted by atomic mass is 16.3. The molecule has 3 N–H and O–H groups in total. The summed E-state index contributed by atoms with van der Waals surface area (Å²) in [4.78, 5) is 84.1. The first-order chi connectivity index (χ1) is 17.2. The number of rotatable bonds is 9. The number of Topliss-reactive ketones (excluding diaryl/α,β-unsaturated/α-hetero) is 1. The van der Waals surface area contributed by atoms with Crippen LogP contribution < -0.4 is 20.4 Å². The van der Waals surface area contributed by atoms with Gasteiger partial charge in [-0.2, -0.15) is 0 Å². The number of nitrogens with one attached hydrogen (secondary N) is 2. The van der Waals surface area contributed by atoms with E-state index in [2.05, 4.69) is 20.6 Å². The molecule has 13 heteroatoms. The lowest BCUT2D eigenvalue weighted by atomic mass is 10.1. The Kier molecular flexibility index (Phi) is 8.52. The number of aliphatic hydroxyl groups is 1. The van der Waals surface area contributed by atoms with Crippen molar-refractivity contribution in [2.24, 2.45) is 0 Å². The molecule has 2 aromatic rings. The minimum atomic E-state index is -1.32. The number of aromatic nitrogens is 2. The lowest BCUT2D eigenvalue weighted by molar-refractivity contribution is -0.127. The van der Waals surface area contributed by atoms with Gasteiger partial charge in [-0.3, -0.25) is 33.9 Å². The molecule has 3 rings (SSSR count). The molecule has 188 valence electrons. The summed E-state index contributed by atoms with van der Waals surface area (Å²) in [5, 5.41) is 14.4. The zero-order chi connectivity index (χ0) is 26.2. The number of ketones is 1. The monoisotopic (exact) mass is 496 g/mol. The maximum Gasteiger partial charge on any atom is 0.272 e. The number of benzene rings is 1. The zero-order valence-electron chi connectivity index (χ0n) is 19.3. The number of fused-ring (bicyclic) bond motifs is 1. The maximum atomic E-state index is 13.6. The molecule has 0 saturated carbocycles. The van der Waals surface area contributed by atoms with Crippen molar-refractivity contribution in [2.75, 3.05) is 29.5 Å². The summed E-state index contributed by atoms with van der Waals surface area (Å²) in [7, 11) is 0. The first kappa shape index (κ1) is 26.1. The van der Waals surface area contributed by atoms with Crippen LogP contribution in [-0.4, -0.2) is 82.6 Å². The molecule has 4 amide bonds. The van der Waals surface area contributed by atoms with E-state index in [-0.39, 0.29) is 35.8 Å². The van der Waals surface area contributed by atoms with Crippen molar-refractivity contribution in [2.45, 2.75) is 25.4 Å². The molecule has 0 radical (unpaired) electrons. The third-order valence-electron chi connectivity index (χ3n) is 5.25. The van der Waals surface area contributed by atoms with E-state index in [0.29, 0.717) is 6.29 Å². The number of nitrogens with zero attached hydrogens (tertiary/aromatic N) is 4. The number of carbonyl (C=O) groups excluding carboxylic acids is 6. The van der Waals surface area contributed by atoms with Gasteiger partial charge in [0, 0.05) is 18.8 Å². The third kappa shape index (κ3) is 6.13. The van der Waals surface area contributed by atoms with Crippen LogP contribution in [0, 0.1) is 0 Å². The van der Waals surface area contributed by atoms with Crippen molar-refractivity contribution in [3.63, 3.8) is 0 Å². The highest BCUT2D eigenvalue weighted by Crippen LogP contribution is 2.32. The van der Waals surface area contributed by atoms with Gasteiger partial charge in [0.15, 0.2) is 0 Å². The molecular formula is C23H24N6O7. The van der Waals surface area contributed by atoms with E-state index in [1.807, 2.05) is 0 Å². The minimum absolute atomic E-state index is 0.0746. The van der Waals surface area contributed by atoms with Crippen LogP contribution >= 0.6 is 0 Å². The Labute approximate surface area is 205 Å². The van der Waals surface area contributed by atoms with Crippen LogP contribution in [0.3, 0.4) is 0 Å². The number of hydrogen-bond donors (Lipinski definition) is 3. The van der Waals surface area contributed by atoms with E-state index in [9.17, 15) is 33.9 Å². The van der Waals surface area contributed by atoms with Gasteiger partial charge in [0.1, 0.15) is 37.0 Å². The number of carbonyl (C=O) groups is 6. The zero-order valence-corrected chi connectivity index (χ0v) is 19.3. The molecule has 0 spiro atoms. The van der Waals surface area contributed by atoms with Crippen LogP contribution in [-0.2, 0) is 24.0 Å². The van der Waals surface area contributed by atoms with Crippen molar-refractivity contribution >= 4 is 47.1 Å². The van der Waals surface area contributed by atoms with E-state index in [0.717, 1.165) is 9.80 Å². The number of aldehydes is 1. The van der Waals surface area contributed by atoms with Crippen molar-refractivity contribution in [1.29, 1.82) is 0 Å². The van der Waals surface area contributed by atoms with Crippen molar-refractivity contribution < 1.29 is 33.9 Å². The summed E-state index contributed by atoms with van der Waals surface area (Å²) in [5.41, 5.74) is 0.323. The fourth-order valence-electron chi connectivity index (χ4n) is 3.67. The SMILES string of the molecule is CC(=O)C[C@@H](C=O)NC(=O)CN1C(=O)[C@@H](NC(=O)c2cnccn2)CN(C(=O)CO)c2ccccc21. The van der Waals surface area contributed by atoms with Gasteiger partial charge < -0.3 is 25.4 Å². The molecule has 13 nitrogen and oxygen atoms in total. The number of hydrogen-bond acceptors (Lipinski definition) is 9. The normalized spacial score (nSPS) is 15.8. The van der Waals surface area contributed by atoms with Gasteiger partial charge in [0.25, 0.3) is 17.7 Å². The van der Waals surface area contributed by atoms with E-state index in [1.165, 1.54) is 37.6 Å². The molecule has 2 atom stereocenters. The molecule has 0 aliphatic carbocycles. The van der Waals surface area contributed by atoms with Gasteiger partial charge in [-0.15, -0.1) is 0 Å². The van der Waals surface area contributed by atoms with Crippen molar-refractivity contribution in [3.05, 3.63) is 48.5 Å². The Hall–Kier alpha value is -4.52. The first-order valence-electron chi connectivity index (χ1n) is 10.9. The maximum absolute atomic E-state index is 13.6. The molecule has 0 bridgehead atoms. The predicted molar refractivity (Wildman–Crippen MR) is 125 cm³/mol. The van der Waals surface area contributed by atoms with Crippen LogP contribution in [0.5, 0.6) is 0 Å². The molecular weight excluding hydrogens is 472 g/mol. The number of anilines is 2. The predicted octanol–water partition coefficient (Wildman–Crippen LogP) is -1.39. The lowest BCUT2D eigenvalue weighted by Crippen LogP contribution is -2.55. The van der Waals surface area contributed by atoms with E-state index >= 15 is 0 Å². The smallest absolute Gasteiger partial charge is 0.272 e. The number of aliphatic hydroxyl groups excluding tert-OH is 1. The van der Waals surface area contributed by atoms with Gasteiger partial charge >= 0.3 is 0 Å². The number of amides is 4. The Bertz CT molecular complexity index is 1170. The van der Waals surface area contributed by atoms with Gasteiger partial charge in [0.05, 0.1) is 30.2 Å². The van der Waals surface area contributed by atoms with Gasteiger partial charge in [0.2, 0.25) is 5.91 Å². The molecule has 0 unspecified atom stereocenters. The summed E-state index contributed by atoms with van der Waals surface area (Å²) < 4.78 is 0. The molecule has 2 heterocycles. The summed E-state index contributed by atoms with van der Waals surface area (Å²) >= 11 is 0. The second-order valence-corrected chi connectivity index (χ2v) is 7.91. The summed E-state index contributed by atoms with van der Waals surface area (Å²) in [6, 6.07) is 3.81. The molecule has 36 heavy (non-hydrogen) atoms. The molecule has 0 saturated heterocycles. The number of para-hydroxylation sites is 2. The quantitative estimate of drug-likeness (QED) is 0.352. The van der Waals surface area contributed by atoms with Crippen LogP contribution in [0.2, 0.25) is 0 Å². The van der Waals surface area contributed by atoms with Gasteiger partial charge in [-0.25, -0.2) is 4.98 Å². The molecule has 1 aromatic carbocycles. The average molecular weight is 496 g/mol. The van der Waals surface area contributed by atoms with Gasteiger partial charge in [-0.05, 0) is 19.1 Å². The average Bonchev–Trinajstić information content (AvgIpc) is 2.98. The third-order valence-corrected chi connectivity index (χ3v) is 5.25. The second-order valence-electron chi connectivity index (χ2n) is 7.91. The Balaban J connectivity index is 1.96. The Morgan fingerprint density at radius 1 is 1.19 bits per heavy atom. The van der Waals surface area contributed by atoms with E-state index in [4.69, 9.17) is 0 Å². The summed E-state index contributed by atoms with van der Waals surface area (Å²) in [6.07, 6.45) is 4.06. The molecule has 0 fully saturated rings. The van der Waals surface area contributed by atoms with Crippen LogP contribution in [0.4, 0.5) is 11.4 Å². The highest BCUT2D eigenvalue weighted by molar-refractivity contribution is 6.11. The Morgan fingerprint density at radius 3 is 2.53 bits per heavy atom. The van der Waals surface area contributed by atoms with Gasteiger partial charge in [-0.1, -0.05) is 12.1 Å². The van der Waals surface area contributed by atoms with Crippen molar-refractivity contribution in [1.82, 2.24) is 20.6 Å². The van der Waals surface area contributed by atoms with Crippen LogP contribution in [0.15, 0.2) is 42.9 Å². The largest absolute Gasteiger partial charge is 0.387 e. The Morgan fingerprint density at radius 2 is 1.92 bits per heavy atom. The fourth-order valence-corrected chi connectivity index (χ4v) is 3.67. The molecule has 1 aliphatic heterocycles. The highest BCUT2D eigenvalue weighted by Gasteiger charge is 2.37. The lowest BCUT2D eigenvalue weighted by Gasteiger charge is -2.25. The van der Waals surface area contributed by atoms with Crippen LogP contribution in [0.1, 0.15) is 23.8 Å². The van der Waals surface area contributed by atoms with E-state index < -0.39 is 48.9 Å².